The minimum Gasteiger partial charge on any atom is -0.477 e. The van der Waals surface area contributed by atoms with Crippen molar-refractivity contribution in [3.63, 3.8) is 0 Å². The minimum atomic E-state index is -0.899. The predicted molar refractivity (Wildman–Crippen MR) is 89.4 cm³/mol. The van der Waals surface area contributed by atoms with Crippen LogP contribution in [0.25, 0.3) is 0 Å². The number of carboxylic acid groups (broad SMARTS) is 1. The lowest BCUT2D eigenvalue weighted by Gasteiger charge is -2.25. The van der Waals surface area contributed by atoms with Gasteiger partial charge in [0.2, 0.25) is 0 Å². The summed E-state index contributed by atoms with van der Waals surface area (Å²) in [6, 6.07) is 0. The van der Waals surface area contributed by atoms with Gasteiger partial charge in [0.1, 0.15) is 11.5 Å². The normalized spacial score (nSPS) is 17.0. The fraction of sp³-hybridized carbons (Fsp3) is 0.625. The number of rotatable bonds is 6. The van der Waals surface area contributed by atoms with E-state index in [0.717, 1.165) is 30.2 Å². The Kier molecular flexibility index (Phi) is 6.61. The lowest BCUT2D eigenvalue weighted by atomic mass is 10.1. The summed E-state index contributed by atoms with van der Waals surface area (Å²) in [6.07, 6.45) is 1.87. The highest BCUT2D eigenvalue weighted by atomic mass is 16.4. The van der Waals surface area contributed by atoms with Gasteiger partial charge < -0.3 is 20.2 Å². The van der Waals surface area contributed by atoms with E-state index in [1.165, 1.54) is 0 Å². The predicted octanol–water partition coefficient (Wildman–Crippen LogP) is 2.08. The molecule has 1 heterocycles. The summed E-state index contributed by atoms with van der Waals surface area (Å²) in [5, 5.41) is 12.6. The maximum absolute atomic E-state index is 11.4. The van der Waals surface area contributed by atoms with E-state index < -0.39 is 5.97 Å². The zero-order valence-electron chi connectivity index (χ0n) is 14.5. The van der Waals surface area contributed by atoms with Crippen LogP contribution in [0.3, 0.4) is 0 Å². The number of carbonyl (C=O) groups is 1. The third-order valence-corrected chi connectivity index (χ3v) is 3.55. The molecule has 0 atom stereocenters. The average Bonchev–Trinajstić information content (AvgIpc) is 2.71. The van der Waals surface area contributed by atoms with Gasteiger partial charge >= 0.3 is 5.97 Å². The van der Waals surface area contributed by atoms with E-state index in [1.54, 1.807) is 11.9 Å². The van der Waals surface area contributed by atoms with Crippen molar-refractivity contribution in [2.24, 2.45) is 10.9 Å². The van der Waals surface area contributed by atoms with Crippen molar-refractivity contribution in [2.45, 2.75) is 34.6 Å². The maximum atomic E-state index is 11.4. The largest absolute Gasteiger partial charge is 0.477 e. The number of aliphatic imine (C=N–C) groups is 1. The van der Waals surface area contributed by atoms with Crippen molar-refractivity contribution < 1.29 is 9.90 Å². The van der Waals surface area contributed by atoms with Gasteiger partial charge in [-0.2, -0.15) is 0 Å². The molecular weight excluding hydrogens is 280 g/mol. The Morgan fingerprint density at radius 1 is 1.50 bits per heavy atom. The number of nitrogens with zero attached hydrogens (tertiary/aromatic N) is 3. The van der Waals surface area contributed by atoms with Crippen LogP contribution < -0.4 is 5.32 Å². The molecular formula is C16H28N4O2. The van der Waals surface area contributed by atoms with Gasteiger partial charge in [-0.3, -0.25) is 0 Å². The quantitative estimate of drug-likeness (QED) is 0.581. The molecule has 124 valence electrons. The van der Waals surface area contributed by atoms with Crippen LogP contribution in [0.15, 0.2) is 28.2 Å². The van der Waals surface area contributed by atoms with Gasteiger partial charge in [-0.25, -0.2) is 9.79 Å². The molecule has 0 bridgehead atoms. The number of hydrogen-bond donors (Lipinski definition) is 2. The molecule has 0 amide bonds. The second-order valence-corrected chi connectivity index (χ2v) is 5.90. The van der Waals surface area contributed by atoms with Gasteiger partial charge in [-0.15, -0.1) is 0 Å². The van der Waals surface area contributed by atoms with Crippen molar-refractivity contribution >= 4 is 11.8 Å². The highest BCUT2D eigenvalue weighted by molar-refractivity contribution is 5.92. The Hall–Kier alpha value is -1.82. The Bertz CT molecular complexity index is 506. The van der Waals surface area contributed by atoms with Gasteiger partial charge in [0, 0.05) is 31.4 Å². The summed E-state index contributed by atoms with van der Waals surface area (Å²) in [7, 11) is 1.79. The minimum absolute atomic E-state index is 0.208. The van der Waals surface area contributed by atoms with E-state index in [4.69, 9.17) is 0 Å². The van der Waals surface area contributed by atoms with E-state index in [0.29, 0.717) is 12.4 Å². The first-order valence-electron chi connectivity index (χ1n) is 7.66. The molecule has 0 aromatic heterocycles. The number of nitrogens with one attached hydrogen (secondary N) is 1. The molecule has 1 aliphatic rings. The van der Waals surface area contributed by atoms with Gasteiger partial charge in [0.05, 0.1) is 6.67 Å². The van der Waals surface area contributed by atoms with Crippen LogP contribution in [0.1, 0.15) is 34.6 Å². The average molecular weight is 308 g/mol. The summed E-state index contributed by atoms with van der Waals surface area (Å²) in [4.78, 5) is 19.7. The molecule has 2 N–H and O–H groups in total. The second kappa shape index (κ2) is 7.98. The van der Waals surface area contributed by atoms with E-state index in [2.05, 4.69) is 31.1 Å². The zero-order chi connectivity index (χ0) is 16.9. The van der Waals surface area contributed by atoms with Crippen LogP contribution in [-0.4, -0.2) is 53.5 Å². The van der Waals surface area contributed by atoms with Crippen LogP contribution in [-0.2, 0) is 4.79 Å². The van der Waals surface area contributed by atoms with Crippen LogP contribution in [0, 0.1) is 5.92 Å². The Labute approximate surface area is 133 Å². The summed E-state index contributed by atoms with van der Waals surface area (Å²) in [5.74, 6) is 0.195. The van der Waals surface area contributed by atoms with E-state index >= 15 is 0 Å². The molecule has 6 nitrogen and oxygen atoms in total. The topological polar surface area (TPSA) is 68.2 Å². The first-order chi connectivity index (χ1) is 10.3. The molecule has 0 radical (unpaired) electrons. The maximum Gasteiger partial charge on any atom is 0.354 e. The highest BCUT2D eigenvalue weighted by Gasteiger charge is 2.31. The van der Waals surface area contributed by atoms with Gasteiger partial charge in [-0.05, 0) is 26.0 Å². The van der Waals surface area contributed by atoms with Crippen molar-refractivity contribution in [2.75, 3.05) is 26.8 Å². The van der Waals surface area contributed by atoms with Crippen molar-refractivity contribution in [3.05, 3.63) is 23.2 Å². The molecule has 1 rings (SSSR count). The Morgan fingerprint density at radius 3 is 2.59 bits per heavy atom. The fourth-order valence-electron chi connectivity index (χ4n) is 2.43. The lowest BCUT2D eigenvalue weighted by molar-refractivity contribution is -0.134. The molecule has 0 aliphatic carbocycles. The molecule has 1 aliphatic heterocycles. The molecule has 0 spiro atoms. The summed E-state index contributed by atoms with van der Waals surface area (Å²) < 4.78 is 0. The van der Waals surface area contributed by atoms with Crippen LogP contribution >= 0.6 is 0 Å². The molecule has 0 saturated carbocycles. The summed E-state index contributed by atoms with van der Waals surface area (Å²) >= 11 is 0. The van der Waals surface area contributed by atoms with Crippen LogP contribution in [0.2, 0.25) is 0 Å². The van der Waals surface area contributed by atoms with Crippen molar-refractivity contribution in [1.82, 2.24) is 15.1 Å². The van der Waals surface area contributed by atoms with E-state index in [1.807, 2.05) is 24.9 Å². The van der Waals surface area contributed by atoms with Gasteiger partial charge in [0.15, 0.2) is 0 Å². The first-order valence-corrected chi connectivity index (χ1v) is 7.66. The fourth-order valence-corrected chi connectivity index (χ4v) is 2.43. The Balaban J connectivity index is 3.05. The van der Waals surface area contributed by atoms with E-state index in [9.17, 15) is 9.90 Å². The monoisotopic (exact) mass is 308 g/mol. The van der Waals surface area contributed by atoms with Crippen molar-refractivity contribution in [1.29, 1.82) is 0 Å². The number of hydrogen-bond acceptors (Lipinski definition) is 4. The molecule has 0 aromatic rings. The van der Waals surface area contributed by atoms with Crippen molar-refractivity contribution in [3.8, 4) is 0 Å². The third-order valence-electron chi connectivity index (χ3n) is 3.55. The third kappa shape index (κ3) is 4.34. The van der Waals surface area contributed by atoms with Crippen LogP contribution in [0.4, 0.5) is 0 Å². The lowest BCUT2D eigenvalue weighted by Crippen LogP contribution is -2.34. The SMILES string of the molecule is CCNC/C(C)=C/N=C(C(C)C)N1CN(C)C(C(=O)O)=C1C. The Morgan fingerprint density at radius 2 is 2.14 bits per heavy atom. The summed E-state index contributed by atoms with van der Waals surface area (Å²) in [6.45, 7) is 12.3. The van der Waals surface area contributed by atoms with Gasteiger partial charge in [0.25, 0.3) is 0 Å². The number of allylic oxidation sites excluding steroid dienone is 1. The molecule has 0 fully saturated rings. The molecule has 0 saturated heterocycles. The second-order valence-electron chi connectivity index (χ2n) is 5.90. The molecule has 6 heteroatoms. The van der Waals surface area contributed by atoms with Crippen LogP contribution in [0.5, 0.6) is 0 Å². The standard InChI is InChI=1S/C16H28N4O2/c1-7-17-8-12(4)9-18-15(11(2)3)20-10-19(6)14(13(20)5)16(21)22/h9,11,17H,7-8,10H2,1-6H3,(H,21,22)/b12-9+,18-15?. The van der Waals surface area contributed by atoms with Gasteiger partial charge in [-0.1, -0.05) is 20.8 Å². The molecule has 22 heavy (non-hydrogen) atoms. The van der Waals surface area contributed by atoms with E-state index in [-0.39, 0.29) is 5.92 Å². The number of likely N-dealkylation sites (N-methyl/N-ethyl adjacent to an activating group) is 2. The molecule has 0 unspecified atom stereocenters. The molecule has 0 aromatic carbocycles. The smallest absolute Gasteiger partial charge is 0.354 e. The number of carboxylic acids is 1. The highest BCUT2D eigenvalue weighted by Crippen LogP contribution is 2.24. The number of aliphatic carboxylic acids is 1. The number of amidine groups is 1. The first kappa shape index (κ1) is 18.2. The zero-order valence-corrected chi connectivity index (χ0v) is 14.5. The summed E-state index contributed by atoms with van der Waals surface area (Å²) in [5.41, 5.74) is 2.22.